The Morgan fingerprint density at radius 3 is 2.78 bits per heavy atom. The van der Waals surface area contributed by atoms with E-state index in [1.165, 1.54) is 16.0 Å². The second-order valence-electron chi connectivity index (χ2n) is 4.61. The fourth-order valence-corrected chi connectivity index (χ4v) is 3.03. The molecule has 0 saturated carbocycles. The lowest BCUT2D eigenvalue weighted by Gasteiger charge is -2.18. The first-order valence-electron chi connectivity index (χ1n) is 6.42. The number of aromatic nitrogens is 1. The van der Waals surface area contributed by atoms with Crippen LogP contribution in [0.25, 0.3) is 0 Å². The summed E-state index contributed by atoms with van der Waals surface area (Å²) >= 11 is 1.81. The van der Waals surface area contributed by atoms with E-state index in [-0.39, 0.29) is 6.04 Å². The molecule has 2 nitrogen and oxygen atoms in total. The quantitative estimate of drug-likeness (QED) is 0.883. The van der Waals surface area contributed by atoms with Crippen LogP contribution in [0.1, 0.15) is 41.1 Å². The van der Waals surface area contributed by atoms with Crippen LogP contribution in [0.2, 0.25) is 0 Å². The highest BCUT2D eigenvalue weighted by atomic mass is 32.1. The molecule has 0 bridgehead atoms. The van der Waals surface area contributed by atoms with Gasteiger partial charge >= 0.3 is 0 Å². The van der Waals surface area contributed by atoms with Crippen molar-refractivity contribution in [2.75, 3.05) is 6.54 Å². The predicted octanol–water partition coefficient (Wildman–Crippen LogP) is 3.85. The highest BCUT2D eigenvalue weighted by molar-refractivity contribution is 7.10. The molecule has 0 aliphatic carbocycles. The van der Waals surface area contributed by atoms with Crippen molar-refractivity contribution < 1.29 is 0 Å². The highest BCUT2D eigenvalue weighted by Gasteiger charge is 2.17. The van der Waals surface area contributed by atoms with Crippen LogP contribution in [0.5, 0.6) is 0 Å². The van der Waals surface area contributed by atoms with Gasteiger partial charge in [-0.2, -0.15) is 0 Å². The van der Waals surface area contributed by atoms with Crippen LogP contribution >= 0.6 is 11.3 Å². The van der Waals surface area contributed by atoms with E-state index in [1.807, 2.05) is 12.3 Å². The van der Waals surface area contributed by atoms with Crippen molar-refractivity contribution in [2.45, 2.75) is 33.2 Å². The summed E-state index contributed by atoms with van der Waals surface area (Å²) in [5.41, 5.74) is 3.73. The maximum Gasteiger partial charge on any atom is 0.0847 e. The first-order chi connectivity index (χ1) is 8.72. The topological polar surface area (TPSA) is 24.9 Å². The predicted molar refractivity (Wildman–Crippen MR) is 78.2 cm³/mol. The van der Waals surface area contributed by atoms with Gasteiger partial charge in [0.25, 0.3) is 0 Å². The summed E-state index contributed by atoms with van der Waals surface area (Å²) in [7, 11) is 0. The fraction of sp³-hybridized carbons (Fsp3) is 0.400. The van der Waals surface area contributed by atoms with E-state index in [9.17, 15) is 0 Å². The van der Waals surface area contributed by atoms with Crippen LogP contribution in [0.4, 0.5) is 0 Å². The molecule has 0 aliphatic rings. The van der Waals surface area contributed by atoms with Crippen LogP contribution in [0.15, 0.2) is 29.8 Å². The number of pyridine rings is 1. The molecule has 0 fully saturated rings. The molecule has 18 heavy (non-hydrogen) atoms. The highest BCUT2D eigenvalue weighted by Crippen LogP contribution is 2.28. The third kappa shape index (κ3) is 2.98. The second kappa shape index (κ2) is 6.12. The Labute approximate surface area is 113 Å². The molecule has 96 valence electrons. The van der Waals surface area contributed by atoms with Gasteiger partial charge in [-0.05, 0) is 61.5 Å². The average molecular weight is 260 g/mol. The van der Waals surface area contributed by atoms with Gasteiger partial charge in [0.2, 0.25) is 0 Å². The Morgan fingerprint density at radius 2 is 2.17 bits per heavy atom. The molecule has 0 aromatic carbocycles. The van der Waals surface area contributed by atoms with E-state index in [0.29, 0.717) is 0 Å². The van der Waals surface area contributed by atoms with Crippen LogP contribution in [-0.2, 0) is 0 Å². The molecule has 0 radical (unpaired) electrons. The normalized spacial score (nSPS) is 12.6. The van der Waals surface area contributed by atoms with Crippen LogP contribution < -0.4 is 5.32 Å². The molecule has 0 saturated heterocycles. The lowest BCUT2D eigenvalue weighted by molar-refractivity contribution is 0.591. The van der Waals surface area contributed by atoms with Crippen LogP contribution in [-0.4, -0.2) is 11.5 Å². The SMILES string of the molecule is CCCNC(c1cc(C)ccn1)c1sccc1C. The molecular formula is C15H20N2S. The number of rotatable bonds is 5. The summed E-state index contributed by atoms with van der Waals surface area (Å²) in [5, 5.41) is 5.76. The van der Waals surface area contributed by atoms with Gasteiger partial charge in [-0.1, -0.05) is 6.92 Å². The van der Waals surface area contributed by atoms with E-state index in [2.05, 4.69) is 48.6 Å². The van der Waals surface area contributed by atoms with Crippen molar-refractivity contribution in [1.82, 2.24) is 10.3 Å². The lowest BCUT2D eigenvalue weighted by Crippen LogP contribution is -2.23. The summed E-state index contributed by atoms with van der Waals surface area (Å²) in [6.45, 7) is 7.48. The fourth-order valence-electron chi connectivity index (χ4n) is 2.02. The summed E-state index contributed by atoms with van der Waals surface area (Å²) in [5.74, 6) is 0. The zero-order chi connectivity index (χ0) is 13.0. The number of nitrogens with one attached hydrogen (secondary N) is 1. The summed E-state index contributed by atoms with van der Waals surface area (Å²) in [4.78, 5) is 5.91. The molecule has 1 unspecified atom stereocenters. The van der Waals surface area contributed by atoms with Gasteiger partial charge in [0.1, 0.15) is 0 Å². The largest absolute Gasteiger partial charge is 0.304 e. The van der Waals surface area contributed by atoms with E-state index < -0.39 is 0 Å². The van der Waals surface area contributed by atoms with Crippen molar-refractivity contribution in [2.24, 2.45) is 0 Å². The number of thiophene rings is 1. The van der Waals surface area contributed by atoms with Gasteiger partial charge in [-0.3, -0.25) is 4.98 Å². The summed E-state index contributed by atoms with van der Waals surface area (Å²) < 4.78 is 0. The van der Waals surface area contributed by atoms with Gasteiger partial charge in [0.05, 0.1) is 11.7 Å². The molecule has 2 rings (SSSR count). The Balaban J connectivity index is 2.33. The number of nitrogens with zero attached hydrogens (tertiary/aromatic N) is 1. The minimum absolute atomic E-state index is 0.227. The maximum atomic E-state index is 4.53. The van der Waals surface area contributed by atoms with Gasteiger partial charge in [0, 0.05) is 11.1 Å². The van der Waals surface area contributed by atoms with Gasteiger partial charge in [-0.15, -0.1) is 11.3 Å². The first kappa shape index (κ1) is 13.2. The molecule has 0 spiro atoms. The Morgan fingerprint density at radius 1 is 1.33 bits per heavy atom. The average Bonchev–Trinajstić information content (AvgIpc) is 2.77. The van der Waals surface area contributed by atoms with Crippen molar-refractivity contribution >= 4 is 11.3 Å². The molecule has 0 amide bonds. The Hall–Kier alpha value is -1.19. The first-order valence-corrected chi connectivity index (χ1v) is 7.30. The minimum Gasteiger partial charge on any atom is -0.304 e. The monoisotopic (exact) mass is 260 g/mol. The molecule has 0 aliphatic heterocycles. The molecule has 3 heteroatoms. The zero-order valence-electron chi connectivity index (χ0n) is 11.2. The van der Waals surface area contributed by atoms with Crippen molar-refractivity contribution in [3.05, 3.63) is 51.5 Å². The lowest BCUT2D eigenvalue weighted by atomic mass is 10.1. The van der Waals surface area contributed by atoms with Crippen molar-refractivity contribution in [3.63, 3.8) is 0 Å². The summed E-state index contributed by atoms with van der Waals surface area (Å²) in [6, 6.07) is 6.62. The number of hydrogen-bond donors (Lipinski definition) is 1. The Kier molecular flexibility index (Phi) is 4.50. The zero-order valence-corrected chi connectivity index (χ0v) is 12.1. The molecule has 1 atom stereocenters. The number of hydrogen-bond acceptors (Lipinski definition) is 3. The van der Waals surface area contributed by atoms with Crippen LogP contribution in [0.3, 0.4) is 0 Å². The summed E-state index contributed by atoms with van der Waals surface area (Å²) in [6.07, 6.45) is 3.03. The second-order valence-corrected chi connectivity index (χ2v) is 5.56. The number of aryl methyl sites for hydroxylation is 2. The van der Waals surface area contributed by atoms with Crippen molar-refractivity contribution in [3.8, 4) is 0 Å². The maximum absolute atomic E-state index is 4.53. The molecule has 2 heterocycles. The Bertz CT molecular complexity index is 505. The van der Waals surface area contributed by atoms with Gasteiger partial charge in [0.15, 0.2) is 0 Å². The van der Waals surface area contributed by atoms with Crippen LogP contribution in [0, 0.1) is 13.8 Å². The smallest absolute Gasteiger partial charge is 0.0847 e. The van der Waals surface area contributed by atoms with Gasteiger partial charge < -0.3 is 5.32 Å². The third-order valence-corrected chi connectivity index (χ3v) is 4.08. The van der Waals surface area contributed by atoms with E-state index in [1.54, 1.807) is 11.3 Å². The molecule has 2 aromatic heterocycles. The standard InChI is InChI=1S/C15H20N2S/c1-4-7-17-14(15-12(3)6-9-18-15)13-10-11(2)5-8-16-13/h5-6,8-10,14,17H,4,7H2,1-3H3. The van der Waals surface area contributed by atoms with E-state index in [0.717, 1.165) is 18.7 Å². The van der Waals surface area contributed by atoms with Crippen molar-refractivity contribution in [1.29, 1.82) is 0 Å². The van der Waals surface area contributed by atoms with E-state index in [4.69, 9.17) is 0 Å². The van der Waals surface area contributed by atoms with E-state index >= 15 is 0 Å². The minimum atomic E-state index is 0.227. The molecule has 2 aromatic rings. The third-order valence-electron chi connectivity index (χ3n) is 2.99. The molecular weight excluding hydrogens is 240 g/mol. The molecule has 1 N–H and O–H groups in total. The van der Waals surface area contributed by atoms with Gasteiger partial charge in [-0.25, -0.2) is 0 Å².